The Hall–Kier alpha value is -1.86. The molecule has 1 fully saturated rings. The van der Waals surface area contributed by atoms with E-state index in [1.165, 1.54) is 12.3 Å². The van der Waals surface area contributed by atoms with Crippen LogP contribution in [0.15, 0.2) is 75.8 Å². The molecule has 2 nitrogen and oxygen atoms in total. The number of benzene rings is 2. The second-order valence-corrected chi connectivity index (χ2v) is 8.85. The lowest BCUT2D eigenvalue weighted by Gasteiger charge is -2.33. The highest BCUT2D eigenvalue weighted by atomic mass is 79.9. The van der Waals surface area contributed by atoms with Gasteiger partial charge in [0.2, 0.25) is 0 Å². The Morgan fingerprint density at radius 1 is 0.759 bits per heavy atom. The van der Waals surface area contributed by atoms with E-state index in [9.17, 15) is 13.2 Å². The fourth-order valence-electron chi connectivity index (χ4n) is 3.90. The molecule has 0 aliphatic carbocycles. The van der Waals surface area contributed by atoms with E-state index >= 15 is 0 Å². The maximum Gasteiger partial charge on any atom is 0.433 e. The minimum Gasteiger partial charge on any atom is -0.356 e. The van der Waals surface area contributed by atoms with Crippen LogP contribution in [0.25, 0.3) is 0 Å². The van der Waals surface area contributed by atoms with Gasteiger partial charge in [0.25, 0.3) is 0 Å². The summed E-state index contributed by atoms with van der Waals surface area (Å²) in [4.78, 5) is 5.89. The van der Waals surface area contributed by atoms with Gasteiger partial charge in [-0.2, -0.15) is 13.2 Å². The van der Waals surface area contributed by atoms with Crippen molar-refractivity contribution in [1.82, 2.24) is 4.98 Å². The zero-order valence-electron chi connectivity index (χ0n) is 15.2. The van der Waals surface area contributed by atoms with Crippen LogP contribution in [-0.2, 0) is 6.18 Å². The Morgan fingerprint density at radius 3 is 1.62 bits per heavy atom. The van der Waals surface area contributed by atoms with Gasteiger partial charge in [-0.1, -0.05) is 56.1 Å². The summed E-state index contributed by atoms with van der Waals surface area (Å²) in [5.41, 5.74) is 2.08. The molecule has 1 aromatic heterocycles. The molecule has 0 N–H and O–H groups in total. The molecule has 0 spiro atoms. The highest BCUT2D eigenvalue weighted by molar-refractivity contribution is 9.10. The molecule has 0 unspecified atom stereocenters. The quantitative estimate of drug-likeness (QED) is 0.348. The number of alkyl halides is 3. The zero-order valence-corrected chi connectivity index (χ0v) is 18.4. The van der Waals surface area contributed by atoms with Crippen LogP contribution in [0.1, 0.15) is 41.7 Å². The van der Waals surface area contributed by atoms with E-state index in [1.807, 2.05) is 24.3 Å². The fraction of sp³-hybridized carbons (Fsp3) is 0.227. The Labute approximate surface area is 184 Å². The maximum atomic E-state index is 13.0. The first kappa shape index (κ1) is 20.4. The molecule has 2 heterocycles. The smallest absolute Gasteiger partial charge is 0.356 e. The molecular weight excluding hydrogens is 509 g/mol. The molecule has 1 aliphatic heterocycles. The maximum absolute atomic E-state index is 13.0. The summed E-state index contributed by atoms with van der Waals surface area (Å²) in [6.45, 7) is 0. The van der Waals surface area contributed by atoms with E-state index in [1.54, 1.807) is 0 Å². The normalized spacial score (nSPS) is 19.6. The van der Waals surface area contributed by atoms with Gasteiger partial charge in [0.15, 0.2) is 0 Å². The van der Waals surface area contributed by atoms with Crippen molar-refractivity contribution in [3.8, 4) is 0 Å². The molecule has 0 radical (unpaired) electrons. The first-order valence-corrected chi connectivity index (χ1v) is 10.7. The van der Waals surface area contributed by atoms with Crippen molar-refractivity contribution < 1.29 is 13.2 Å². The van der Waals surface area contributed by atoms with Crippen molar-refractivity contribution in [2.45, 2.75) is 31.1 Å². The van der Waals surface area contributed by atoms with Crippen molar-refractivity contribution in [3.63, 3.8) is 0 Å². The Kier molecular flexibility index (Phi) is 5.71. The third-order valence-electron chi connectivity index (χ3n) is 5.23. The Bertz CT molecular complexity index is 917. The topological polar surface area (TPSA) is 16.1 Å². The molecule has 29 heavy (non-hydrogen) atoms. The van der Waals surface area contributed by atoms with Gasteiger partial charge in [0.05, 0.1) is 24.0 Å². The van der Waals surface area contributed by atoms with Crippen LogP contribution in [0.3, 0.4) is 0 Å². The van der Waals surface area contributed by atoms with E-state index < -0.39 is 11.9 Å². The average Bonchev–Trinajstić information content (AvgIpc) is 3.13. The standard InChI is InChI=1S/C22H17Br2F3N2/c23-16-5-1-14(2-6-16)19-10-11-20(15-3-7-17(24)8-4-15)29(19)18-9-12-21(28-13-18)22(25,26)27/h1-9,12-13,19-20H,10-11H2/t19-,20-/m0/s1. The molecule has 0 amide bonds. The molecule has 3 aromatic rings. The molecule has 2 aromatic carbocycles. The molecule has 1 saturated heterocycles. The van der Waals surface area contributed by atoms with Crippen molar-refractivity contribution in [3.05, 3.63) is 92.6 Å². The molecule has 0 bridgehead atoms. The molecular formula is C22H17Br2F3N2. The van der Waals surface area contributed by atoms with E-state index in [0.717, 1.165) is 39.0 Å². The summed E-state index contributed by atoms with van der Waals surface area (Å²) in [6.07, 6.45) is -1.29. The van der Waals surface area contributed by atoms with E-state index in [0.29, 0.717) is 5.69 Å². The van der Waals surface area contributed by atoms with Crippen LogP contribution in [0, 0.1) is 0 Å². The summed E-state index contributed by atoms with van der Waals surface area (Å²) in [5, 5.41) is 0. The number of aromatic nitrogens is 1. The zero-order chi connectivity index (χ0) is 20.6. The third kappa shape index (κ3) is 4.36. The average molecular weight is 526 g/mol. The molecule has 150 valence electrons. The number of halogens is 5. The number of anilines is 1. The Morgan fingerprint density at radius 2 is 1.24 bits per heavy atom. The van der Waals surface area contributed by atoms with Crippen LogP contribution in [-0.4, -0.2) is 4.98 Å². The fourth-order valence-corrected chi connectivity index (χ4v) is 4.43. The van der Waals surface area contributed by atoms with Crippen LogP contribution in [0.5, 0.6) is 0 Å². The molecule has 2 atom stereocenters. The molecule has 1 aliphatic rings. The van der Waals surface area contributed by atoms with Gasteiger partial charge in [-0.15, -0.1) is 0 Å². The van der Waals surface area contributed by atoms with Gasteiger partial charge in [-0.25, -0.2) is 4.98 Å². The first-order chi connectivity index (χ1) is 13.8. The molecule has 0 saturated carbocycles. The number of rotatable bonds is 3. The highest BCUT2D eigenvalue weighted by Crippen LogP contribution is 2.47. The molecule has 4 rings (SSSR count). The van der Waals surface area contributed by atoms with Gasteiger partial charge in [-0.05, 0) is 60.4 Å². The predicted octanol–water partition coefficient (Wildman–Crippen LogP) is 7.71. The summed E-state index contributed by atoms with van der Waals surface area (Å²) in [6, 6.07) is 18.9. The number of hydrogen-bond donors (Lipinski definition) is 0. The lowest BCUT2D eigenvalue weighted by atomic mass is 10.0. The van der Waals surface area contributed by atoms with Crippen molar-refractivity contribution in [2.24, 2.45) is 0 Å². The van der Waals surface area contributed by atoms with Gasteiger partial charge < -0.3 is 4.90 Å². The lowest BCUT2D eigenvalue weighted by Crippen LogP contribution is -2.26. The summed E-state index contributed by atoms with van der Waals surface area (Å²) in [5.74, 6) is 0. The lowest BCUT2D eigenvalue weighted by molar-refractivity contribution is -0.141. The van der Waals surface area contributed by atoms with Crippen LogP contribution in [0.4, 0.5) is 18.9 Å². The van der Waals surface area contributed by atoms with Gasteiger partial charge >= 0.3 is 6.18 Å². The first-order valence-electron chi connectivity index (χ1n) is 9.15. The number of pyridine rings is 1. The SMILES string of the molecule is FC(F)(F)c1ccc(N2[C@H](c3ccc(Br)cc3)CC[C@H]2c2ccc(Br)cc2)cn1. The highest BCUT2D eigenvalue weighted by Gasteiger charge is 2.37. The second kappa shape index (κ2) is 8.11. The van der Waals surface area contributed by atoms with Gasteiger partial charge in [0.1, 0.15) is 5.69 Å². The monoisotopic (exact) mass is 524 g/mol. The number of nitrogens with zero attached hydrogens (tertiary/aromatic N) is 2. The predicted molar refractivity (Wildman–Crippen MR) is 115 cm³/mol. The van der Waals surface area contributed by atoms with Crippen molar-refractivity contribution in [1.29, 1.82) is 0 Å². The van der Waals surface area contributed by atoms with Crippen LogP contribution >= 0.6 is 31.9 Å². The summed E-state index contributed by atoms with van der Waals surface area (Å²) >= 11 is 6.92. The van der Waals surface area contributed by atoms with Crippen LogP contribution in [0.2, 0.25) is 0 Å². The largest absolute Gasteiger partial charge is 0.433 e. The van der Waals surface area contributed by atoms with E-state index in [-0.39, 0.29) is 12.1 Å². The van der Waals surface area contributed by atoms with E-state index in [4.69, 9.17) is 0 Å². The van der Waals surface area contributed by atoms with Crippen molar-refractivity contribution >= 4 is 37.5 Å². The number of hydrogen-bond acceptors (Lipinski definition) is 2. The van der Waals surface area contributed by atoms with Crippen LogP contribution < -0.4 is 4.90 Å². The minimum absolute atomic E-state index is 0.0651. The van der Waals surface area contributed by atoms with E-state index in [2.05, 4.69) is 66.0 Å². The Balaban J connectivity index is 1.74. The van der Waals surface area contributed by atoms with Gasteiger partial charge in [0, 0.05) is 8.95 Å². The second-order valence-electron chi connectivity index (χ2n) is 7.02. The molecule has 7 heteroatoms. The summed E-state index contributed by atoms with van der Waals surface area (Å²) in [7, 11) is 0. The third-order valence-corrected chi connectivity index (χ3v) is 6.29. The minimum atomic E-state index is -4.44. The summed E-state index contributed by atoms with van der Waals surface area (Å²) < 4.78 is 40.9. The van der Waals surface area contributed by atoms with Crippen molar-refractivity contribution in [2.75, 3.05) is 4.90 Å². The van der Waals surface area contributed by atoms with Gasteiger partial charge in [-0.3, -0.25) is 0 Å².